The van der Waals surface area contributed by atoms with Gasteiger partial charge >= 0.3 is 0 Å². The van der Waals surface area contributed by atoms with Crippen LogP contribution in [0.4, 0.5) is 0 Å². The molecule has 2 aromatic heterocycles. The number of nitrogens with zero attached hydrogens (tertiary/aromatic N) is 5. The molecule has 0 amide bonds. The average molecular weight is 335 g/mol. The lowest BCUT2D eigenvalue weighted by Gasteiger charge is -2.24. The predicted molar refractivity (Wildman–Crippen MR) is 92.8 cm³/mol. The van der Waals surface area contributed by atoms with Crippen LogP contribution in [0.15, 0.2) is 47.4 Å². The first kappa shape index (κ1) is 14.8. The zero-order chi connectivity index (χ0) is 16.8. The second-order valence-electron chi connectivity index (χ2n) is 7.06. The fourth-order valence-corrected chi connectivity index (χ4v) is 4.50. The number of aromatic nitrogens is 4. The SMILES string of the molecule is Cn1cncc1-c1nc([C@H]2C[C@@H](c3ccccc3)N3CCC[C@H]23)no1. The van der Waals surface area contributed by atoms with E-state index in [4.69, 9.17) is 9.51 Å². The van der Waals surface area contributed by atoms with E-state index in [-0.39, 0.29) is 0 Å². The smallest absolute Gasteiger partial charge is 0.276 e. The lowest BCUT2D eigenvalue weighted by molar-refractivity contribution is 0.243. The van der Waals surface area contributed by atoms with Crippen molar-refractivity contribution in [2.75, 3.05) is 6.54 Å². The molecule has 0 aliphatic carbocycles. The van der Waals surface area contributed by atoms with Gasteiger partial charge in [-0.3, -0.25) is 4.90 Å². The van der Waals surface area contributed by atoms with Crippen LogP contribution in [-0.4, -0.2) is 37.2 Å². The minimum absolute atomic E-state index is 0.332. The van der Waals surface area contributed by atoms with Gasteiger partial charge in [-0.05, 0) is 31.4 Å². The Morgan fingerprint density at radius 1 is 1.20 bits per heavy atom. The molecule has 4 heterocycles. The Morgan fingerprint density at radius 3 is 2.88 bits per heavy atom. The number of rotatable bonds is 3. The van der Waals surface area contributed by atoms with Crippen LogP contribution in [0.2, 0.25) is 0 Å². The third kappa shape index (κ3) is 2.40. The Hall–Kier alpha value is -2.47. The highest BCUT2D eigenvalue weighted by atomic mass is 16.5. The van der Waals surface area contributed by atoms with Gasteiger partial charge in [0.15, 0.2) is 5.82 Å². The van der Waals surface area contributed by atoms with Gasteiger partial charge in [0.1, 0.15) is 5.69 Å². The van der Waals surface area contributed by atoms with Gasteiger partial charge in [0.25, 0.3) is 5.89 Å². The maximum atomic E-state index is 5.55. The second-order valence-corrected chi connectivity index (χ2v) is 7.06. The third-order valence-corrected chi connectivity index (χ3v) is 5.68. The monoisotopic (exact) mass is 335 g/mol. The highest BCUT2D eigenvalue weighted by Gasteiger charge is 2.46. The molecule has 0 N–H and O–H groups in total. The molecule has 5 rings (SSSR count). The van der Waals surface area contributed by atoms with Crippen LogP contribution < -0.4 is 0 Å². The quantitative estimate of drug-likeness (QED) is 0.736. The van der Waals surface area contributed by atoms with E-state index in [1.807, 2.05) is 11.6 Å². The van der Waals surface area contributed by atoms with Crippen LogP contribution in [0.3, 0.4) is 0 Å². The molecular weight excluding hydrogens is 314 g/mol. The van der Waals surface area contributed by atoms with E-state index < -0.39 is 0 Å². The number of benzene rings is 1. The molecule has 1 aromatic carbocycles. The Labute approximate surface area is 146 Å². The summed E-state index contributed by atoms with van der Waals surface area (Å²) in [7, 11) is 1.94. The van der Waals surface area contributed by atoms with Gasteiger partial charge in [0.2, 0.25) is 0 Å². The van der Waals surface area contributed by atoms with Crippen LogP contribution >= 0.6 is 0 Å². The van der Waals surface area contributed by atoms with Crippen molar-refractivity contribution >= 4 is 0 Å². The van der Waals surface area contributed by atoms with Crippen molar-refractivity contribution in [3.05, 3.63) is 54.2 Å². The highest BCUT2D eigenvalue weighted by molar-refractivity contribution is 5.45. The van der Waals surface area contributed by atoms with E-state index in [0.717, 1.165) is 24.5 Å². The summed E-state index contributed by atoms with van der Waals surface area (Å²) in [6.07, 6.45) is 7.03. The van der Waals surface area contributed by atoms with E-state index in [1.54, 1.807) is 12.5 Å². The summed E-state index contributed by atoms with van der Waals surface area (Å²) in [4.78, 5) is 11.5. The number of hydrogen-bond donors (Lipinski definition) is 0. The van der Waals surface area contributed by atoms with Gasteiger partial charge in [-0.15, -0.1) is 0 Å². The predicted octanol–water partition coefficient (Wildman–Crippen LogP) is 3.16. The lowest BCUT2D eigenvalue weighted by atomic mass is 9.94. The summed E-state index contributed by atoms with van der Waals surface area (Å²) in [5.74, 6) is 1.73. The third-order valence-electron chi connectivity index (χ3n) is 5.68. The van der Waals surface area contributed by atoms with Crippen LogP contribution in [0.25, 0.3) is 11.6 Å². The van der Waals surface area contributed by atoms with Crippen molar-refractivity contribution in [2.24, 2.45) is 7.05 Å². The maximum Gasteiger partial charge on any atom is 0.276 e. The van der Waals surface area contributed by atoms with Gasteiger partial charge < -0.3 is 9.09 Å². The second kappa shape index (κ2) is 5.81. The van der Waals surface area contributed by atoms with E-state index >= 15 is 0 Å². The topological polar surface area (TPSA) is 60.0 Å². The molecule has 0 bridgehead atoms. The fourth-order valence-electron chi connectivity index (χ4n) is 4.50. The van der Waals surface area contributed by atoms with Crippen molar-refractivity contribution in [3.63, 3.8) is 0 Å². The summed E-state index contributed by atoms with van der Waals surface area (Å²) in [5, 5.41) is 4.33. The molecule has 2 aliphatic rings. The van der Waals surface area contributed by atoms with E-state index in [1.165, 1.54) is 18.4 Å². The summed E-state index contributed by atoms with van der Waals surface area (Å²) < 4.78 is 7.45. The molecule has 2 aliphatic heterocycles. The highest BCUT2D eigenvalue weighted by Crippen LogP contribution is 2.48. The van der Waals surface area contributed by atoms with E-state index in [2.05, 4.69) is 45.4 Å². The molecule has 2 saturated heterocycles. The first-order valence-electron chi connectivity index (χ1n) is 8.92. The Bertz CT molecular complexity index is 871. The Morgan fingerprint density at radius 2 is 2.08 bits per heavy atom. The lowest BCUT2D eigenvalue weighted by Crippen LogP contribution is -2.27. The first-order valence-corrected chi connectivity index (χ1v) is 8.92. The average Bonchev–Trinajstić information content (AvgIpc) is 3.39. The molecule has 2 fully saturated rings. The molecule has 25 heavy (non-hydrogen) atoms. The molecule has 0 saturated carbocycles. The van der Waals surface area contributed by atoms with Crippen molar-refractivity contribution < 1.29 is 4.52 Å². The molecule has 6 nitrogen and oxygen atoms in total. The van der Waals surface area contributed by atoms with Crippen molar-refractivity contribution in [1.29, 1.82) is 0 Å². The molecule has 6 heteroatoms. The fraction of sp³-hybridized carbons (Fsp3) is 0.421. The van der Waals surface area contributed by atoms with Crippen LogP contribution in [0.1, 0.15) is 42.6 Å². The van der Waals surface area contributed by atoms with Gasteiger partial charge in [-0.1, -0.05) is 35.5 Å². The van der Waals surface area contributed by atoms with E-state index in [0.29, 0.717) is 23.9 Å². The summed E-state index contributed by atoms with van der Waals surface area (Å²) in [6.45, 7) is 1.16. The minimum Gasteiger partial charge on any atom is -0.332 e. The molecule has 3 atom stereocenters. The standard InChI is InChI=1S/C19H21N5O/c1-23-12-20-11-17(23)19-21-18(22-25-19)14-10-16(13-6-3-2-4-7-13)24-9-5-8-15(14)24/h2-4,6-7,11-12,14-16H,5,8-10H2,1H3/t14-,15+,16-/m0/s1. The molecule has 3 aromatic rings. The Balaban J connectivity index is 1.46. The Kier molecular flexibility index (Phi) is 3.45. The van der Waals surface area contributed by atoms with Crippen LogP contribution in [-0.2, 0) is 7.05 Å². The first-order chi connectivity index (χ1) is 12.3. The van der Waals surface area contributed by atoms with Gasteiger partial charge in [0, 0.05) is 25.0 Å². The molecule has 128 valence electrons. The summed E-state index contributed by atoms with van der Waals surface area (Å²) in [5.41, 5.74) is 2.26. The zero-order valence-electron chi connectivity index (χ0n) is 14.2. The van der Waals surface area contributed by atoms with Crippen molar-refractivity contribution in [3.8, 4) is 11.6 Å². The van der Waals surface area contributed by atoms with Crippen molar-refractivity contribution in [1.82, 2.24) is 24.6 Å². The number of imidazole rings is 1. The maximum absolute atomic E-state index is 5.55. The summed E-state index contributed by atoms with van der Waals surface area (Å²) >= 11 is 0. The zero-order valence-corrected chi connectivity index (χ0v) is 14.2. The largest absolute Gasteiger partial charge is 0.332 e. The van der Waals surface area contributed by atoms with Gasteiger partial charge in [0.05, 0.1) is 12.5 Å². The van der Waals surface area contributed by atoms with Crippen molar-refractivity contribution in [2.45, 2.75) is 37.3 Å². The number of fused-ring (bicyclic) bond motifs is 1. The van der Waals surface area contributed by atoms with Crippen LogP contribution in [0, 0.1) is 0 Å². The summed E-state index contributed by atoms with van der Waals surface area (Å²) in [6, 6.07) is 11.8. The van der Waals surface area contributed by atoms with Gasteiger partial charge in [-0.2, -0.15) is 4.98 Å². The van der Waals surface area contributed by atoms with E-state index in [9.17, 15) is 0 Å². The van der Waals surface area contributed by atoms with Gasteiger partial charge in [-0.25, -0.2) is 4.98 Å². The molecule has 0 radical (unpaired) electrons. The molecule has 0 spiro atoms. The minimum atomic E-state index is 0.332. The molecular formula is C19H21N5O. The number of aryl methyl sites for hydroxylation is 1. The molecule has 0 unspecified atom stereocenters. The normalized spacial score (nSPS) is 26.2. The van der Waals surface area contributed by atoms with Crippen LogP contribution in [0.5, 0.6) is 0 Å². The number of hydrogen-bond acceptors (Lipinski definition) is 5.